The van der Waals surface area contributed by atoms with Gasteiger partial charge in [0.05, 0.1) is 26.4 Å². The summed E-state index contributed by atoms with van der Waals surface area (Å²) in [5.74, 6) is 1.22. The first-order valence-electron chi connectivity index (χ1n) is 8.98. The number of morpholine rings is 1. The highest BCUT2D eigenvalue weighted by Gasteiger charge is 2.23. The second-order valence-electron chi connectivity index (χ2n) is 6.19. The van der Waals surface area contributed by atoms with Crippen LogP contribution >= 0.6 is 0 Å². The number of rotatable bonds is 7. The fourth-order valence-electron chi connectivity index (χ4n) is 3.18. The van der Waals surface area contributed by atoms with Crippen LogP contribution in [0.4, 0.5) is 5.82 Å². The summed E-state index contributed by atoms with van der Waals surface area (Å²) in [4.78, 5) is 19.0. The van der Waals surface area contributed by atoms with Gasteiger partial charge in [-0.1, -0.05) is 12.1 Å². The van der Waals surface area contributed by atoms with Gasteiger partial charge in [-0.15, -0.1) is 0 Å². The number of ether oxygens (including phenoxy) is 2. The van der Waals surface area contributed by atoms with Crippen molar-refractivity contribution < 1.29 is 9.47 Å². The monoisotopic (exact) mass is 358 g/mol. The maximum atomic E-state index is 12.4. The zero-order valence-electron chi connectivity index (χ0n) is 15.4. The van der Waals surface area contributed by atoms with Crippen molar-refractivity contribution in [2.45, 2.75) is 19.5 Å². The van der Waals surface area contributed by atoms with Crippen molar-refractivity contribution in [2.24, 2.45) is 0 Å². The SMILES string of the molecule is CCn1ccnc(NCC(c2ccc(OC)cc2)N2CCOCC2)c1=O. The second kappa shape index (κ2) is 8.82. The summed E-state index contributed by atoms with van der Waals surface area (Å²) in [6, 6.07) is 8.20. The summed E-state index contributed by atoms with van der Waals surface area (Å²) in [5.41, 5.74) is 1.08. The summed E-state index contributed by atoms with van der Waals surface area (Å²) < 4.78 is 12.4. The molecular formula is C19H26N4O3. The smallest absolute Gasteiger partial charge is 0.293 e. The largest absolute Gasteiger partial charge is 0.497 e. The molecule has 1 aromatic heterocycles. The number of hydrogen-bond acceptors (Lipinski definition) is 6. The third-order valence-electron chi connectivity index (χ3n) is 4.70. The lowest BCUT2D eigenvalue weighted by atomic mass is 10.0. The number of anilines is 1. The van der Waals surface area contributed by atoms with Gasteiger partial charge in [-0.05, 0) is 24.6 Å². The van der Waals surface area contributed by atoms with Crippen molar-refractivity contribution in [1.82, 2.24) is 14.5 Å². The Balaban J connectivity index is 1.80. The lowest BCUT2D eigenvalue weighted by molar-refractivity contribution is 0.0187. The number of benzene rings is 1. The van der Waals surface area contributed by atoms with Gasteiger partial charge in [-0.3, -0.25) is 9.69 Å². The van der Waals surface area contributed by atoms with Gasteiger partial charge in [0, 0.05) is 38.6 Å². The van der Waals surface area contributed by atoms with Crippen LogP contribution in [0.15, 0.2) is 41.5 Å². The van der Waals surface area contributed by atoms with E-state index in [1.54, 1.807) is 24.1 Å². The van der Waals surface area contributed by atoms with Crippen LogP contribution in [0.3, 0.4) is 0 Å². The van der Waals surface area contributed by atoms with Gasteiger partial charge < -0.3 is 19.4 Å². The summed E-state index contributed by atoms with van der Waals surface area (Å²) in [6.07, 6.45) is 3.36. The number of nitrogens with one attached hydrogen (secondary N) is 1. The van der Waals surface area contributed by atoms with E-state index >= 15 is 0 Å². The highest BCUT2D eigenvalue weighted by molar-refractivity contribution is 5.34. The summed E-state index contributed by atoms with van der Waals surface area (Å²) in [7, 11) is 1.66. The fourth-order valence-corrected chi connectivity index (χ4v) is 3.18. The predicted octanol–water partition coefficient (Wildman–Crippen LogP) is 1.76. The number of aromatic nitrogens is 2. The summed E-state index contributed by atoms with van der Waals surface area (Å²) in [5, 5.41) is 3.25. The molecule has 0 amide bonds. The van der Waals surface area contributed by atoms with Gasteiger partial charge in [-0.2, -0.15) is 0 Å². The van der Waals surface area contributed by atoms with Crippen LogP contribution in [0.1, 0.15) is 18.5 Å². The molecule has 1 N–H and O–H groups in total. The van der Waals surface area contributed by atoms with Crippen LogP contribution in [-0.2, 0) is 11.3 Å². The molecule has 1 fully saturated rings. The van der Waals surface area contributed by atoms with Gasteiger partial charge >= 0.3 is 0 Å². The van der Waals surface area contributed by atoms with Gasteiger partial charge in [0.1, 0.15) is 5.75 Å². The molecule has 0 saturated carbocycles. The van der Waals surface area contributed by atoms with Crippen LogP contribution in [-0.4, -0.2) is 54.4 Å². The zero-order valence-corrected chi connectivity index (χ0v) is 15.4. The Labute approximate surface area is 153 Å². The fraction of sp³-hybridized carbons (Fsp3) is 0.474. The van der Waals surface area contributed by atoms with Crippen molar-refractivity contribution >= 4 is 5.82 Å². The minimum absolute atomic E-state index is 0.0922. The van der Waals surface area contributed by atoms with Gasteiger partial charge in [-0.25, -0.2) is 4.98 Å². The van der Waals surface area contributed by atoms with Gasteiger partial charge in [0.25, 0.3) is 5.56 Å². The molecule has 0 spiro atoms. The zero-order chi connectivity index (χ0) is 18.4. The Morgan fingerprint density at radius 3 is 2.65 bits per heavy atom. The van der Waals surface area contributed by atoms with E-state index in [9.17, 15) is 4.79 Å². The molecule has 0 bridgehead atoms. The lowest BCUT2D eigenvalue weighted by Gasteiger charge is -2.35. The molecule has 26 heavy (non-hydrogen) atoms. The Kier molecular flexibility index (Phi) is 6.25. The van der Waals surface area contributed by atoms with E-state index in [0.717, 1.165) is 32.1 Å². The molecule has 140 valence electrons. The molecule has 2 aromatic rings. The van der Waals surface area contributed by atoms with E-state index in [1.807, 2.05) is 19.1 Å². The van der Waals surface area contributed by atoms with Crippen molar-refractivity contribution in [2.75, 3.05) is 45.3 Å². The quantitative estimate of drug-likeness (QED) is 0.813. The van der Waals surface area contributed by atoms with Crippen LogP contribution < -0.4 is 15.6 Å². The number of aryl methyl sites for hydroxylation is 1. The van der Waals surface area contributed by atoms with Crippen LogP contribution in [0, 0.1) is 0 Å². The molecule has 1 atom stereocenters. The molecule has 1 aliphatic rings. The molecule has 3 rings (SSSR count). The maximum absolute atomic E-state index is 12.4. The molecule has 2 heterocycles. The minimum atomic E-state index is -0.0922. The van der Waals surface area contributed by atoms with E-state index in [2.05, 4.69) is 27.3 Å². The molecule has 1 aromatic carbocycles. The third kappa shape index (κ3) is 4.23. The average Bonchev–Trinajstić information content (AvgIpc) is 2.70. The Bertz CT molecular complexity index is 754. The van der Waals surface area contributed by atoms with Crippen molar-refractivity contribution in [3.63, 3.8) is 0 Å². The molecule has 7 heteroatoms. The van der Waals surface area contributed by atoms with Crippen molar-refractivity contribution in [1.29, 1.82) is 0 Å². The van der Waals surface area contributed by atoms with Crippen LogP contribution in [0.25, 0.3) is 0 Å². The van der Waals surface area contributed by atoms with Crippen molar-refractivity contribution in [3.8, 4) is 5.75 Å². The standard InChI is InChI=1S/C19H26N4O3/c1-3-22-9-8-20-18(19(22)24)21-14-17(23-10-12-26-13-11-23)15-4-6-16(25-2)7-5-15/h4-9,17H,3,10-14H2,1-2H3,(H,20,21). The minimum Gasteiger partial charge on any atom is -0.497 e. The molecular weight excluding hydrogens is 332 g/mol. The van der Waals surface area contributed by atoms with E-state index in [4.69, 9.17) is 9.47 Å². The Hall–Kier alpha value is -2.38. The highest BCUT2D eigenvalue weighted by Crippen LogP contribution is 2.24. The first-order valence-corrected chi connectivity index (χ1v) is 8.98. The van der Waals surface area contributed by atoms with Crippen LogP contribution in [0.2, 0.25) is 0 Å². The first-order chi connectivity index (χ1) is 12.7. The highest BCUT2D eigenvalue weighted by atomic mass is 16.5. The maximum Gasteiger partial charge on any atom is 0.293 e. The first kappa shape index (κ1) is 18.4. The number of nitrogens with zero attached hydrogens (tertiary/aromatic N) is 3. The molecule has 7 nitrogen and oxygen atoms in total. The number of hydrogen-bond donors (Lipinski definition) is 1. The van der Waals surface area contributed by atoms with E-state index in [0.29, 0.717) is 18.9 Å². The summed E-state index contributed by atoms with van der Waals surface area (Å²) in [6.45, 7) is 6.33. The Morgan fingerprint density at radius 1 is 1.27 bits per heavy atom. The molecule has 1 saturated heterocycles. The predicted molar refractivity (Wildman–Crippen MR) is 101 cm³/mol. The second-order valence-corrected chi connectivity index (χ2v) is 6.19. The van der Waals surface area contributed by atoms with Gasteiger partial charge in [0.2, 0.25) is 0 Å². The molecule has 1 aliphatic heterocycles. The van der Waals surface area contributed by atoms with Crippen LogP contribution in [0.5, 0.6) is 5.75 Å². The summed E-state index contributed by atoms with van der Waals surface area (Å²) >= 11 is 0. The normalized spacial score (nSPS) is 16.2. The van der Waals surface area contributed by atoms with E-state index in [-0.39, 0.29) is 11.6 Å². The molecule has 0 aliphatic carbocycles. The molecule has 0 radical (unpaired) electrons. The lowest BCUT2D eigenvalue weighted by Crippen LogP contribution is -2.42. The van der Waals surface area contributed by atoms with E-state index < -0.39 is 0 Å². The topological polar surface area (TPSA) is 68.6 Å². The average molecular weight is 358 g/mol. The number of methoxy groups -OCH3 is 1. The van der Waals surface area contributed by atoms with Gasteiger partial charge in [0.15, 0.2) is 5.82 Å². The van der Waals surface area contributed by atoms with Crippen molar-refractivity contribution in [3.05, 3.63) is 52.6 Å². The third-order valence-corrected chi connectivity index (χ3v) is 4.70. The molecule has 1 unspecified atom stereocenters. The Morgan fingerprint density at radius 2 is 2.00 bits per heavy atom. The van der Waals surface area contributed by atoms with E-state index in [1.165, 1.54) is 5.56 Å².